The van der Waals surface area contributed by atoms with Crippen molar-refractivity contribution in [3.63, 3.8) is 0 Å². The normalized spacial score (nSPS) is 23.9. The van der Waals surface area contributed by atoms with Crippen molar-refractivity contribution < 1.29 is 0 Å². The van der Waals surface area contributed by atoms with Gasteiger partial charge in [0.05, 0.1) is 5.35 Å². The van der Waals surface area contributed by atoms with E-state index in [2.05, 4.69) is 16.6 Å². The molecule has 0 saturated heterocycles. The first-order valence-electron chi connectivity index (χ1n) is 4.77. The van der Waals surface area contributed by atoms with Crippen LogP contribution < -0.4 is 16.5 Å². The van der Waals surface area contributed by atoms with Gasteiger partial charge in [-0.05, 0) is 0 Å². The highest BCUT2D eigenvalue weighted by molar-refractivity contribution is 6.21. The van der Waals surface area contributed by atoms with Crippen LogP contribution in [0.1, 0.15) is 6.92 Å². The molecule has 2 unspecified atom stereocenters. The van der Waals surface area contributed by atoms with E-state index in [0.29, 0.717) is 12.0 Å². The molecular formula is C10H12ClN3O. The van der Waals surface area contributed by atoms with Crippen molar-refractivity contribution in [2.45, 2.75) is 19.0 Å². The molecule has 1 aromatic rings. The molecule has 1 N–H and O–H groups in total. The largest absolute Gasteiger partial charge is 0.327 e. The fourth-order valence-corrected chi connectivity index (χ4v) is 1.78. The second kappa shape index (κ2) is 3.70. The van der Waals surface area contributed by atoms with Crippen molar-refractivity contribution in [1.82, 2.24) is 9.55 Å². The van der Waals surface area contributed by atoms with Gasteiger partial charge in [0.25, 0.3) is 0 Å². The van der Waals surface area contributed by atoms with Crippen LogP contribution in [0.25, 0.3) is 6.08 Å². The summed E-state index contributed by atoms with van der Waals surface area (Å²) < 4.78 is 1.53. The topological polar surface area (TPSA) is 50.1 Å². The maximum absolute atomic E-state index is 11.5. The maximum Gasteiger partial charge on any atom is 0.327 e. The summed E-state index contributed by atoms with van der Waals surface area (Å²) in [4.78, 5) is 18.6. The third kappa shape index (κ3) is 1.65. The fraction of sp³-hybridized carbons (Fsp3) is 0.400. The van der Waals surface area contributed by atoms with E-state index in [1.807, 2.05) is 13.0 Å². The first-order chi connectivity index (χ1) is 7.13. The Hall–Kier alpha value is -1.29. The minimum absolute atomic E-state index is 0.134. The van der Waals surface area contributed by atoms with Gasteiger partial charge in [-0.25, -0.2) is 9.79 Å². The summed E-state index contributed by atoms with van der Waals surface area (Å²) in [6, 6.07) is 0. The average Bonchev–Trinajstić information content (AvgIpc) is 2.46. The average molecular weight is 226 g/mol. The van der Waals surface area contributed by atoms with Gasteiger partial charge >= 0.3 is 5.69 Å². The monoisotopic (exact) mass is 225 g/mol. The van der Waals surface area contributed by atoms with Gasteiger partial charge < -0.3 is 4.98 Å². The van der Waals surface area contributed by atoms with Gasteiger partial charge in [0, 0.05) is 12.5 Å². The highest BCUT2D eigenvalue weighted by Crippen LogP contribution is 2.13. The molecule has 2 heterocycles. The number of rotatable bonds is 2. The van der Waals surface area contributed by atoms with Crippen LogP contribution in [0.2, 0.25) is 0 Å². The predicted molar refractivity (Wildman–Crippen MR) is 59.3 cm³/mol. The van der Waals surface area contributed by atoms with Crippen molar-refractivity contribution >= 4 is 17.7 Å². The van der Waals surface area contributed by atoms with Gasteiger partial charge in [-0.1, -0.05) is 30.7 Å². The molecule has 0 fully saturated rings. The highest BCUT2D eigenvalue weighted by Gasteiger charge is 2.16. The summed E-state index contributed by atoms with van der Waals surface area (Å²) in [5, 5.41) is 0.756. The number of nitrogens with one attached hydrogen (secondary N) is 1. The predicted octanol–water partition coefficient (Wildman–Crippen LogP) is -0.0229. The second-order valence-corrected chi connectivity index (χ2v) is 4.04. The number of hydrogen-bond acceptors (Lipinski definition) is 2. The van der Waals surface area contributed by atoms with Crippen molar-refractivity contribution in [3.8, 4) is 0 Å². The third-order valence-electron chi connectivity index (χ3n) is 2.40. The number of fused-ring (bicyclic) bond motifs is 1. The van der Waals surface area contributed by atoms with Gasteiger partial charge in [-0.15, -0.1) is 6.58 Å². The molecule has 1 aliphatic rings. The number of nitrogens with zero attached hydrogens (tertiary/aromatic N) is 2. The first-order valence-corrected chi connectivity index (χ1v) is 5.20. The lowest BCUT2D eigenvalue weighted by atomic mass is 10.1. The lowest BCUT2D eigenvalue weighted by Gasteiger charge is -2.12. The van der Waals surface area contributed by atoms with Crippen molar-refractivity contribution in [2.24, 2.45) is 10.9 Å². The molecule has 0 amide bonds. The van der Waals surface area contributed by atoms with E-state index in [1.165, 1.54) is 4.57 Å². The molecule has 0 saturated carbocycles. The van der Waals surface area contributed by atoms with Crippen LogP contribution in [0, 0.1) is 5.92 Å². The molecule has 1 aliphatic heterocycles. The van der Waals surface area contributed by atoms with Crippen molar-refractivity contribution in [3.05, 3.63) is 34.0 Å². The summed E-state index contributed by atoms with van der Waals surface area (Å²) in [6.07, 6.45) is 3.59. The van der Waals surface area contributed by atoms with Crippen LogP contribution in [-0.2, 0) is 6.54 Å². The molecule has 15 heavy (non-hydrogen) atoms. The molecule has 5 heteroatoms. The van der Waals surface area contributed by atoms with Crippen LogP contribution in [0.5, 0.6) is 0 Å². The quantitative estimate of drug-likeness (QED) is 0.429. The van der Waals surface area contributed by atoms with Gasteiger partial charge in [0.15, 0.2) is 5.49 Å². The summed E-state index contributed by atoms with van der Waals surface area (Å²) >= 11 is 6.02. The highest BCUT2D eigenvalue weighted by atomic mass is 35.5. The third-order valence-corrected chi connectivity index (χ3v) is 2.90. The molecule has 2 atom stereocenters. The zero-order valence-electron chi connectivity index (χ0n) is 8.40. The fourth-order valence-electron chi connectivity index (χ4n) is 1.61. The number of halogens is 1. The second-order valence-electron chi connectivity index (χ2n) is 3.59. The van der Waals surface area contributed by atoms with Gasteiger partial charge in [-0.3, -0.25) is 4.57 Å². The maximum atomic E-state index is 11.5. The molecule has 80 valence electrons. The molecule has 0 spiro atoms. The molecule has 0 radical (unpaired) electrons. The van der Waals surface area contributed by atoms with Crippen LogP contribution in [0.3, 0.4) is 0 Å². The Kier molecular flexibility index (Phi) is 2.52. The molecule has 1 aromatic heterocycles. The summed E-state index contributed by atoms with van der Waals surface area (Å²) in [5.74, 6) is 0.134. The first kappa shape index (κ1) is 10.2. The minimum atomic E-state index is -0.302. The Morgan fingerprint density at radius 3 is 3.20 bits per heavy atom. The van der Waals surface area contributed by atoms with E-state index < -0.39 is 0 Å². The molecule has 2 rings (SSSR count). The SMILES string of the molecule is C=CCn1c(=O)[nH]c2c1=NC(Cl)C(C)C=2. The van der Waals surface area contributed by atoms with Crippen molar-refractivity contribution in [1.29, 1.82) is 0 Å². The van der Waals surface area contributed by atoms with E-state index in [9.17, 15) is 4.79 Å². The molecule has 0 aromatic carbocycles. The van der Waals surface area contributed by atoms with E-state index in [1.54, 1.807) is 6.08 Å². The number of H-pyrrole nitrogens is 1. The van der Waals surface area contributed by atoms with E-state index in [4.69, 9.17) is 11.6 Å². The minimum Gasteiger partial charge on any atom is -0.304 e. The van der Waals surface area contributed by atoms with Gasteiger partial charge in [0.2, 0.25) is 0 Å². The number of aromatic amines is 1. The zero-order chi connectivity index (χ0) is 11.0. The Labute approximate surface area is 91.6 Å². The summed E-state index contributed by atoms with van der Waals surface area (Å²) in [7, 11) is 0. The standard InChI is InChI=1S/C10H12ClN3O/c1-3-4-14-9-7(12-10(14)15)5-6(2)8(11)13-9/h3,5-6,8H,1,4H2,2H3,(H,12,15). The van der Waals surface area contributed by atoms with E-state index >= 15 is 0 Å². The van der Waals surface area contributed by atoms with E-state index in [-0.39, 0.29) is 17.1 Å². The Bertz CT molecular complexity index is 554. The molecular weight excluding hydrogens is 214 g/mol. The molecule has 0 bridgehead atoms. The number of hydrogen-bond donors (Lipinski definition) is 1. The van der Waals surface area contributed by atoms with Crippen LogP contribution in [-0.4, -0.2) is 15.1 Å². The smallest absolute Gasteiger partial charge is 0.304 e. The van der Waals surface area contributed by atoms with E-state index in [0.717, 1.165) is 5.35 Å². The lowest BCUT2D eigenvalue weighted by molar-refractivity contribution is 0.649. The van der Waals surface area contributed by atoms with Crippen LogP contribution >= 0.6 is 11.6 Å². The summed E-state index contributed by atoms with van der Waals surface area (Å²) in [6.45, 7) is 6.01. The Balaban J connectivity index is 2.73. The number of aromatic nitrogens is 2. The Morgan fingerprint density at radius 2 is 2.53 bits per heavy atom. The van der Waals surface area contributed by atoms with Gasteiger partial charge in [-0.2, -0.15) is 0 Å². The van der Waals surface area contributed by atoms with Crippen LogP contribution in [0.4, 0.5) is 0 Å². The zero-order valence-corrected chi connectivity index (χ0v) is 9.16. The lowest BCUT2D eigenvalue weighted by Crippen LogP contribution is -2.37. The van der Waals surface area contributed by atoms with Crippen LogP contribution in [0.15, 0.2) is 22.4 Å². The number of imidazole rings is 1. The van der Waals surface area contributed by atoms with Crippen molar-refractivity contribution in [2.75, 3.05) is 0 Å². The number of alkyl halides is 1. The molecule has 0 aliphatic carbocycles. The van der Waals surface area contributed by atoms with Gasteiger partial charge in [0.1, 0.15) is 5.50 Å². The molecule has 4 nitrogen and oxygen atoms in total. The Morgan fingerprint density at radius 1 is 1.80 bits per heavy atom. The number of allylic oxidation sites excluding steroid dienone is 1. The summed E-state index contributed by atoms with van der Waals surface area (Å²) in [5.41, 5.74) is 0.152.